The van der Waals surface area contributed by atoms with Crippen LogP contribution in [0.3, 0.4) is 0 Å². The molecule has 0 aromatic heterocycles. The molecule has 0 saturated heterocycles. The number of nitrogens with two attached hydrogens (primary N) is 1. The second-order valence-corrected chi connectivity index (χ2v) is 4.97. The van der Waals surface area contributed by atoms with Crippen LogP contribution >= 0.6 is 11.6 Å². The zero-order valence-corrected chi connectivity index (χ0v) is 11.4. The highest BCUT2D eigenvalue weighted by Crippen LogP contribution is 2.30. The third-order valence-electron chi connectivity index (χ3n) is 3.13. The molecule has 0 amide bonds. The van der Waals surface area contributed by atoms with Gasteiger partial charge in [0.2, 0.25) is 0 Å². The lowest BCUT2D eigenvalue weighted by molar-refractivity contribution is 0.606. The van der Waals surface area contributed by atoms with Gasteiger partial charge in [0, 0.05) is 0 Å². The maximum Gasteiger partial charge on any atom is 0.142 e. The standard InChI is InChI=1S/C15H14ClF2N/c1-8-6-10(7-9(2)14(8)18)15(19)11-4-3-5-12(17)13(11)16/h3-7,15H,19H2,1-2H3. The van der Waals surface area contributed by atoms with E-state index in [0.29, 0.717) is 22.3 Å². The Hall–Kier alpha value is -1.45. The van der Waals surface area contributed by atoms with Crippen LogP contribution in [-0.4, -0.2) is 0 Å². The number of rotatable bonds is 2. The Bertz CT molecular complexity index is 603. The van der Waals surface area contributed by atoms with E-state index in [-0.39, 0.29) is 10.8 Å². The van der Waals surface area contributed by atoms with Crippen molar-refractivity contribution in [2.24, 2.45) is 5.73 Å². The molecule has 0 aliphatic carbocycles. The fourth-order valence-corrected chi connectivity index (χ4v) is 2.34. The van der Waals surface area contributed by atoms with Crippen molar-refractivity contribution in [1.82, 2.24) is 0 Å². The van der Waals surface area contributed by atoms with Crippen molar-refractivity contribution < 1.29 is 8.78 Å². The van der Waals surface area contributed by atoms with Crippen molar-refractivity contribution in [2.75, 3.05) is 0 Å². The highest BCUT2D eigenvalue weighted by atomic mass is 35.5. The van der Waals surface area contributed by atoms with Gasteiger partial charge in [-0.3, -0.25) is 0 Å². The van der Waals surface area contributed by atoms with Crippen molar-refractivity contribution in [3.05, 3.63) is 69.2 Å². The molecule has 2 aromatic rings. The molecule has 0 aliphatic rings. The van der Waals surface area contributed by atoms with E-state index in [2.05, 4.69) is 0 Å². The maximum atomic E-state index is 13.6. The fourth-order valence-electron chi connectivity index (χ4n) is 2.10. The zero-order valence-electron chi connectivity index (χ0n) is 10.7. The molecule has 0 heterocycles. The molecule has 0 bridgehead atoms. The molecule has 1 nitrogen and oxygen atoms in total. The lowest BCUT2D eigenvalue weighted by Gasteiger charge is -2.16. The van der Waals surface area contributed by atoms with Crippen LogP contribution in [0.5, 0.6) is 0 Å². The van der Waals surface area contributed by atoms with E-state index < -0.39 is 11.9 Å². The average molecular weight is 282 g/mol. The summed E-state index contributed by atoms with van der Waals surface area (Å²) in [6.45, 7) is 3.34. The summed E-state index contributed by atoms with van der Waals surface area (Å²) in [6, 6.07) is 7.24. The predicted octanol–water partition coefficient (Wildman–Crippen LogP) is 4.28. The van der Waals surface area contributed by atoms with E-state index in [1.807, 2.05) is 0 Å². The molecular formula is C15H14ClF2N. The van der Waals surface area contributed by atoms with Crippen LogP contribution in [0.25, 0.3) is 0 Å². The molecule has 0 aliphatic heterocycles. The van der Waals surface area contributed by atoms with Crippen LogP contribution in [-0.2, 0) is 0 Å². The first kappa shape index (κ1) is 14.0. The van der Waals surface area contributed by atoms with E-state index in [1.165, 1.54) is 6.07 Å². The molecule has 100 valence electrons. The van der Waals surface area contributed by atoms with Gasteiger partial charge in [0.1, 0.15) is 11.6 Å². The minimum absolute atomic E-state index is 0.00892. The summed E-state index contributed by atoms with van der Waals surface area (Å²) in [5.41, 5.74) is 8.33. The van der Waals surface area contributed by atoms with Gasteiger partial charge in [0.15, 0.2) is 0 Å². The topological polar surface area (TPSA) is 26.0 Å². The molecule has 2 rings (SSSR count). The van der Waals surface area contributed by atoms with Crippen LogP contribution in [0.4, 0.5) is 8.78 Å². The van der Waals surface area contributed by atoms with Crippen LogP contribution in [0.2, 0.25) is 5.02 Å². The van der Waals surface area contributed by atoms with Crippen LogP contribution in [0.15, 0.2) is 30.3 Å². The Morgan fingerprint density at radius 3 is 2.26 bits per heavy atom. The Morgan fingerprint density at radius 1 is 1.11 bits per heavy atom. The molecular weight excluding hydrogens is 268 g/mol. The summed E-state index contributed by atoms with van der Waals surface area (Å²) in [6.07, 6.45) is 0. The van der Waals surface area contributed by atoms with Gasteiger partial charge in [-0.1, -0.05) is 35.9 Å². The lowest BCUT2D eigenvalue weighted by Crippen LogP contribution is -2.13. The smallest absolute Gasteiger partial charge is 0.142 e. The molecule has 2 aromatic carbocycles. The third-order valence-corrected chi connectivity index (χ3v) is 3.53. The van der Waals surface area contributed by atoms with E-state index in [1.54, 1.807) is 38.1 Å². The Labute approximate surface area is 116 Å². The number of aryl methyl sites for hydroxylation is 2. The van der Waals surface area contributed by atoms with Crippen molar-refractivity contribution >= 4 is 11.6 Å². The summed E-state index contributed by atoms with van der Waals surface area (Å²) in [5.74, 6) is -0.758. The van der Waals surface area contributed by atoms with Crippen LogP contribution < -0.4 is 5.73 Å². The van der Waals surface area contributed by atoms with E-state index in [0.717, 1.165) is 0 Å². The fraction of sp³-hybridized carbons (Fsp3) is 0.200. The van der Waals surface area contributed by atoms with Crippen molar-refractivity contribution in [1.29, 1.82) is 0 Å². The number of halogens is 3. The molecule has 4 heteroatoms. The van der Waals surface area contributed by atoms with E-state index in [9.17, 15) is 8.78 Å². The summed E-state index contributed by atoms with van der Waals surface area (Å²) < 4.78 is 27.0. The van der Waals surface area contributed by atoms with Gasteiger partial charge in [-0.25, -0.2) is 8.78 Å². The number of benzene rings is 2. The average Bonchev–Trinajstić information content (AvgIpc) is 2.38. The molecule has 1 unspecified atom stereocenters. The first-order valence-electron chi connectivity index (χ1n) is 5.88. The summed E-state index contributed by atoms with van der Waals surface area (Å²) in [5, 5.41) is 0.00892. The quantitative estimate of drug-likeness (QED) is 0.873. The summed E-state index contributed by atoms with van der Waals surface area (Å²) >= 11 is 5.92. The van der Waals surface area contributed by atoms with Crippen LogP contribution in [0, 0.1) is 25.5 Å². The lowest BCUT2D eigenvalue weighted by atomic mass is 9.96. The Morgan fingerprint density at radius 2 is 1.68 bits per heavy atom. The van der Waals surface area contributed by atoms with Gasteiger partial charge in [0.25, 0.3) is 0 Å². The van der Waals surface area contributed by atoms with Gasteiger partial charge in [-0.2, -0.15) is 0 Å². The monoisotopic (exact) mass is 281 g/mol. The third kappa shape index (κ3) is 2.62. The predicted molar refractivity (Wildman–Crippen MR) is 73.3 cm³/mol. The highest BCUT2D eigenvalue weighted by molar-refractivity contribution is 6.31. The number of hydrogen-bond acceptors (Lipinski definition) is 1. The van der Waals surface area contributed by atoms with Gasteiger partial charge >= 0.3 is 0 Å². The summed E-state index contributed by atoms with van der Waals surface area (Å²) in [7, 11) is 0. The van der Waals surface area contributed by atoms with E-state index in [4.69, 9.17) is 17.3 Å². The second kappa shape index (κ2) is 5.27. The van der Waals surface area contributed by atoms with E-state index >= 15 is 0 Å². The minimum Gasteiger partial charge on any atom is -0.320 e. The first-order chi connectivity index (χ1) is 8.91. The highest BCUT2D eigenvalue weighted by Gasteiger charge is 2.16. The SMILES string of the molecule is Cc1cc(C(N)c2cccc(F)c2Cl)cc(C)c1F. The summed E-state index contributed by atoms with van der Waals surface area (Å²) in [4.78, 5) is 0. The largest absolute Gasteiger partial charge is 0.320 e. The second-order valence-electron chi connectivity index (χ2n) is 4.59. The Balaban J connectivity index is 2.50. The molecule has 19 heavy (non-hydrogen) atoms. The molecule has 0 radical (unpaired) electrons. The van der Waals surface area contributed by atoms with Gasteiger partial charge in [-0.15, -0.1) is 0 Å². The molecule has 1 atom stereocenters. The molecule has 0 saturated carbocycles. The first-order valence-corrected chi connectivity index (χ1v) is 6.25. The molecule has 0 fully saturated rings. The van der Waals surface area contributed by atoms with Crippen molar-refractivity contribution in [2.45, 2.75) is 19.9 Å². The molecule has 0 spiro atoms. The van der Waals surface area contributed by atoms with Gasteiger partial charge in [0.05, 0.1) is 11.1 Å². The zero-order chi connectivity index (χ0) is 14.2. The number of hydrogen-bond donors (Lipinski definition) is 1. The van der Waals surface area contributed by atoms with Gasteiger partial charge in [-0.05, 0) is 42.2 Å². The maximum absolute atomic E-state index is 13.6. The van der Waals surface area contributed by atoms with Crippen molar-refractivity contribution in [3.63, 3.8) is 0 Å². The Kier molecular flexibility index (Phi) is 3.88. The van der Waals surface area contributed by atoms with Crippen LogP contribution in [0.1, 0.15) is 28.3 Å². The minimum atomic E-state index is -0.582. The van der Waals surface area contributed by atoms with Gasteiger partial charge < -0.3 is 5.73 Å². The van der Waals surface area contributed by atoms with Crippen molar-refractivity contribution in [3.8, 4) is 0 Å². The molecule has 2 N–H and O–H groups in total. The normalized spacial score (nSPS) is 12.5.